The fraction of sp³-hybridized carbons (Fsp3) is 0.286. The molecule has 1 fully saturated rings. The smallest absolute Gasteiger partial charge is 0.272 e. The van der Waals surface area contributed by atoms with Crippen molar-refractivity contribution in [3.63, 3.8) is 0 Å². The van der Waals surface area contributed by atoms with E-state index in [-0.39, 0.29) is 16.7 Å². The zero-order valence-corrected chi connectivity index (χ0v) is 17.2. The molecule has 0 saturated heterocycles. The highest BCUT2D eigenvalue weighted by atomic mass is 32.2. The van der Waals surface area contributed by atoms with Gasteiger partial charge in [-0.1, -0.05) is 48.2 Å². The fourth-order valence-electron chi connectivity index (χ4n) is 2.87. The molecule has 5 nitrogen and oxygen atoms in total. The molecule has 2 heterocycles. The zero-order chi connectivity index (χ0) is 19.7. The molecule has 1 atom stereocenters. The molecule has 0 spiro atoms. The summed E-state index contributed by atoms with van der Waals surface area (Å²) < 4.78 is 2.23. The number of carbonyl (C=O) groups is 1. The summed E-state index contributed by atoms with van der Waals surface area (Å²) in [7, 11) is 0. The van der Waals surface area contributed by atoms with Crippen LogP contribution in [0.3, 0.4) is 0 Å². The Morgan fingerprint density at radius 1 is 1.43 bits per heavy atom. The van der Waals surface area contributed by atoms with E-state index in [9.17, 15) is 9.59 Å². The van der Waals surface area contributed by atoms with Crippen molar-refractivity contribution in [2.75, 3.05) is 0 Å². The number of nitrogens with one attached hydrogen (secondary N) is 1. The molecule has 144 valence electrons. The van der Waals surface area contributed by atoms with E-state index in [1.165, 1.54) is 23.1 Å². The molecule has 1 N–H and O–H groups in total. The molecular weight excluding hydrogens is 390 g/mol. The first-order chi connectivity index (χ1) is 13.6. The summed E-state index contributed by atoms with van der Waals surface area (Å²) in [6.45, 7) is 5.97. The van der Waals surface area contributed by atoms with E-state index in [4.69, 9.17) is 4.98 Å². The van der Waals surface area contributed by atoms with Crippen molar-refractivity contribution in [3.05, 3.63) is 59.4 Å². The third kappa shape index (κ3) is 3.91. The lowest BCUT2D eigenvalue weighted by molar-refractivity contribution is -0.120. The maximum Gasteiger partial charge on any atom is 0.272 e. The molecule has 1 saturated carbocycles. The first-order valence-electron chi connectivity index (χ1n) is 9.24. The van der Waals surface area contributed by atoms with E-state index in [0.717, 1.165) is 23.3 Å². The Morgan fingerprint density at radius 2 is 2.18 bits per heavy atom. The van der Waals surface area contributed by atoms with Gasteiger partial charge in [0.15, 0.2) is 5.16 Å². The monoisotopic (exact) mass is 411 g/mol. The highest BCUT2D eigenvalue weighted by Gasteiger charge is 2.27. The van der Waals surface area contributed by atoms with E-state index < -0.39 is 0 Å². The summed E-state index contributed by atoms with van der Waals surface area (Å²) in [4.78, 5) is 31.2. The maximum atomic E-state index is 13.1. The van der Waals surface area contributed by atoms with Gasteiger partial charge in [-0.25, -0.2) is 4.98 Å². The summed E-state index contributed by atoms with van der Waals surface area (Å²) >= 11 is 2.77. The number of nitrogens with zero attached hydrogens (tertiary/aromatic N) is 2. The number of aromatic nitrogens is 2. The maximum absolute atomic E-state index is 13.1. The van der Waals surface area contributed by atoms with E-state index in [2.05, 4.69) is 11.9 Å². The first kappa shape index (κ1) is 19.0. The lowest BCUT2D eigenvalue weighted by Gasteiger charge is -2.14. The minimum absolute atomic E-state index is 0.0118. The third-order valence-electron chi connectivity index (χ3n) is 4.54. The number of allylic oxidation sites excluding steroid dienone is 1. The summed E-state index contributed by atoms with van der Waals surface area (Å²) in [5.74, 6) is -0.0118. The van der Waals surface area contributed by atoms with Gasteiger partial charge in [0.05, 0.1) is 10.8 Å². The van der Waals surface area contributed by atoms with Gasteiger partial charge in [-0.2, -0.15) is 0 Å². The number of hydrogen-bond donors (Lipinski definition) is 1. The number of thiophene rings is 1. The molecule has 0 bridgehead atoms. The average molecular weight is 412 g/mol. The van der Waals surface area contributed by atoms with Gasteiger partial charge < -0.3 is 5.32 Å². The van der Waals surface area contributed by atoms with Crippen molar-refractivity contribution in [1.29, 1.82) is 0 Å². The van der Waals surface area contributed by atoms with E-state index >= 15 is 0 Å². The number of hydrogen-bond acceptors (Lipinski definition) is 5. The average Bonchev–Trinajstić information content (AvgIpc) is 3.41. The second-order valence-corrected chi connectivity index (χ2v) is 9.19. The van der Waals surface area contributed by atoms with Crippen LogP contribution in [0.5, 0.6) is 0 Å². The molecule has 3 aromatic rings. The summed E-state index contributed by atoms with van der Waals surface area (Å²) in [5.41, 5.74) is 1.65. The molecule has 7 heteroatoms. The Hall–Kier alpha value is -2.38. The predicted octanol–water partition coefficient (Wildman–Crippen LogP) is 4.07. The summed E-state index contributed by atoms with van der Waals surface area (Å²) in [6.07, 6.45) is 3.77. The number of fused-ring (bicyclic) bond motifs is 1. The zero-order valence-electron chi connectivity index (χ0n) is 15.6. The number of amides is 1. The van der Waals surface area contributed by atoms with E-state index in [0.29, 0.717) is 28.0 Å². The summed E-state index contributed by atoms with van der Waals surface area (Å²) in [6, 6.07) is 12.2. The van der Waals surface area contributed by atoms with Gasteiger partial charge >= 0.3 is 0 Å². The Balaban J connectivity index is 1.72. The molecule has 1 unspecified atom stereocenters. The Labute approximate surface area is 171 Å². The Bertz CT molecular complexity index is 1080. The van der Waals surface area contributed by atoms with Crippen molar-refractivity contribution in [1.82, 2.24) is 14.9 Å². The fourth-order valence-corrected chi connectivity index (χ4v) is 4.85. The quantitative estimate of drug-likeness (QED) is 0.362. The SMILES string of the molecule is C=CCn1c(SC(C)C(=O)NC2CC2)nc2cc(-c3ccccc3)sc2c1=O. The van der Waals surface area contributed by atoms with Gasteiger partial charge in [-0.3, -0.25) is 14.2 Å². The van der Waals surface area contributed by atoms with Crippen LogP contribution in [0.2, 0.25) is 0 Å². The molecule has 1 amide bonds. The van der Waals surface area contributed by atoms with Crippen molar-refractivity contribution >= 4 is 39.2 Å². The van der Waals surface area contributed by atoms with E-state index in [1.807, 2.05) is 43.3 Å². The van der Waals surface area contributed by atoms with Crippen molar-refractivity contribution in [2.45, 2.75) is 42.8 Å². The number of benzene rings is 1. The van der Waals surface area contributed by atoms with Gasteiger partial charge in [0, 0.05) is 17.5 Å². The van der Waals surface area contributed by atoms with Crippen molar-refractivity contribution < 1.29 is 4.79 Å². The standard InChI is InChI=1S/C21H21N3O2S2/c1-3-11-24-20(26)18-16(12-17(28-18)14-7-5-4-6-8-14)23-21(24)27-13(2)19(25)22-15-9-10-15/h3-8,12-13,15H,1,9-11H2,2H3,(H,22,25). The highest BCUT2D eigenvalue weighted by Crippen LogP contribution is 2.32. The van der Waals surface area contributed by atoms with Gasteiger partial charge in [-0.15, -0.1) is 17.9 Å². The molecule has 28 heavy (non-hydrogen) atoms. The number of thioether (sulfide) groups is 1. The van der Waals surface area contributed by atoms with Crippen LogP contribution in [-0.4, -0.2) is 26.8 Å². The third-order valence-corrected chi connectivity index (χ3v) is 6.80. The molecule has 1 aromatic carbocycles. The van der Waals surface area contributed by atoms with Crippen LogP contribution in [0, 0.1) is 0 Å². The molecule has 0 radical (unpaired) electrons. The molecule has 1 aliphatic carbocycles. The van der Waals surface area contributed by atoms with Gasteiger partial charge in [0.2, 0.25) is 5.91 Å². The Kier molecular flexibility index (Phi) is 5.37. The lowest BCUT2D eigenvalue weighted by atomic mass is 10.2. The van der Waals surface area contributed by atoms with Gasteiger partial charge in [-0.05, 0) is 31.4 Å². The Morgan fingerprint density at radius 3 is 2.86 bits per heavy atom. The summed E-state index contributed by atoms with van der Waals surface area (Å²) in [5, 5.41) is 3.23. The predicted molar refractivity (Wildman–Crippen MR) is 116 cm³/mol. The van der Waals surface area contributed by atoms with E-state index in [1.54, 1.807) is 10.6 Å². The normalized spacial score (nSPS) is 14.8. The molecule has 2 aromatic heterocycles. The van der Waals surface area contributed by atoms with Crippen LogP contribution < -0.4 is 10.9 Å². The van der Waals surface area contributed by atoms with Crippen molar-refractivity contribution in [2.24, 2.45) is 0 Å². The topological polar surface area (TPSA) is 64.0 Å². The van der Waals surface area contributed by atoms with Crippen LogP contribution in [0.15, 0.2) is 59.0 Å². The van der Waals surface area contributed by atoms with Gasteiger partial charge in [0.25, 0.3) is 5.56 Å². The van der Waals surface area contributed by atoms with Crippen LogP contribution >= 0.6 is 23.1 Å². The first-order valence-corrected chi connectivity index (χ1v) is 10.9. The minimum atomic E-state index is -0.326. The minimum Gasteiger partial charge on any atom is -0.352 e. The van der Waals surface area contributed by atoms with Crippen molar-refractivity contribution in [3.8, 4) is 10.4 Å². The molecule has 1 aliphatic rings. The second kappa shape index (κ2) is 7.93. The van der Waals surface area contributed by atoms with Crippen LogP contribution in [0.1, 0.15) is 19.8 Å². The van der Waals surface area contributed by atoms with Crippen LogP contribution in [0.25, 0.3) is 20.7 Å². The van der Waals surface area contributed by atoms with Crippen LogP contribution in [0.4, 0.5) is 0 Å². The van der Waals surface area contributed by atoms with Gasteiger partial charge in [0.1, 0.15) is 4.70 Å². The molecule has 4 rings (SSSR count). The largest absolute Gasteiger partial charge is 0.352 e. The number of carbonyl (C=O) groups excluding carboxylic acids is 1. The molecule has 0 aliphatic heterocycles. The van der Waals surface area contributed by atoms with Crippen LogP contribution in [-0.2, 0) is 11.3 Å². The second-order valence-electron chi connectivity index (χ2n) is 6.83. The highest BCUT2D eigenvalue weighted by molar-refractivity contribution is 8.00. The molecular formula is C21H21N3O2S2. The number of rotatable bonds is 7. The lowest BCUT2D eigenvalue weighted by Crippen LogP contribution is -2.33.